The normalized spacial score (nSPS) is 11.8. The zero-order valence-electron chi connectivity index (χ0n) is 38.5. The lowest BCUT2D eigenvalue weighted by Gasteiger charge is -2.23. The fourth-order valence-corrected chi connectivity index (χ4v) is 6.20. The molecule has 5 rings (SSSR count). The van der Waals surface area contributed by atoms with Crippen LogP contribution in [0.4, 0.5) is 21.0 Å². The largest absolute Gasteiger partial charge is 0.497 e. The van der Waals surface area contributed by atoms with Gasteiger partial charge in [-0.05, 0) is 88.5 Å². The number of hydrogen-bond acceptors (Lipinski definition) is 14. The second-order valence-corrected chi connectivity index (χ2v) is 15.5. The highest BCUT2D eigenvalue weighted by Gasteiger charge is 2.19. The van der Waals surface area contributed by atoms with E-state index in [0.717, 1.165) is 39.2 Å². The van der Waals surface area contributed by atoms with Crippen molar-refractivity contribution in [3.63, 3.8) is 0 Å². The summed E-state index contributed by atoms with van der Waals surface area (Å²) in [7, 11) is 14.9. The molecule has 0 bridgehead atoms. The number of carbonyl (C=O) groups is 2. The molecule has 2 atom stereocenters. The number of amides is 2. The van der Waals surface area contributed by atoms with E-state index in [2.05, 4.69) is 16.1 Å². The van der Waals surface area contributed by atoms with E-state index < -0.39 is 24.8 Å². The van der Waals surface area contributed by atoms with Gasteiger partial charge in [-0.3, -0.25) is 10.4 Å². The van der Waals surface area contributed by atoms with Crippen LogP contribution in [0.15, 0.2) is 115 Å². The Kier molecular flexibility index (Phi) is 19.4. The van der Waals surface area contributed by atoms with E-state index in [1.807, 2.05) is 166 Å². The topological polar surface area (TPSA) is 154 Å². The molecular weight excluding hydrogens is 833 g/mol. The number of anilines is 2. The minimum atomic E-state index is -0.899. The molecule has 0 aliphatic rings. The van der Waals surface area contributed by atoms with Crippen LogP contribution in [0.1, 0.15) is 27.8 Å². The van der Waals surface area contributed by atoms with Gasteiger partial charge in [-0.15, -0.1) is 0 Å². The van der Waals surface area contributed by atoms with Gasteiger partial charge in [0.25, 0.3) is 0 Å². The summed E-state index contributed by atoms with van der Waals surface area (Å²) in [5, 5.41) is 7.36. The van der Waals surface area contributed by atoms with Crippen LogP contribution in [0.25, 0.3) is 0 Å². The Bertz CT molecular complexity index is 2040. The predicted molar refractivity (Wildman–Crippen MR) is 249 cm³/mol. The fraction of sp³-hybridized carbons (Fsp3) is 0.347. The minimum absolute atomic E-state index is 0.282. The summed E-state index contributed by atoms with van der Waals surface area (Å²) < 4.78 is 46.7. The first-order valence-electron chi connectivity index (χ1n) is 21.1. The van der Waals surface area contributed by atoms with Crippen LogP contribution in [0, 0.1) is 0 Å². The van der Waals surface area contributed by atoms with Crippen LogP contribution >= 0.6 is 0 Å². The molecule has 0 aromatic heterocycles. The van der Waals surface area contributed by atoms with Crippen molar-refractivity contribution in [3.05, 3.63) is 143 Å². The molecule has 0 saturated carbocycles. The molecule has 0 aliphatic carbocycles. The summed E-state index contributed by atoms with van der Waals surface area (Å²) in [6, 6.07) is 36.2. The molecule has 5 aromatic carbocycles. The second kappa shape index (κ2) is 25.5. The molecule has 0 aliphatic heterocycles. The molecule has 0 spiro atoms. The summed E-state index contributed by atoms with van der Waals surface area (Å²) in [5.74, 6) is 2.24. The van der Waals surface area contributed by atoms with Crippen LogP contribution < -0.4 is 44.8 Å². The first kappa shape index (κ1) is 49.3. The summed E-state index contributed by atoms with van der Waals surface area (Å²) in [6.45, 7) is 0.224. The predicted octanol–water partition coefficient (Wildman–Crippen LogP) is 7.10. The molecule has 348 valence electrons. The average molecular weight is 895 g/mol. The lowest BCUT2D eigenvalue weighted by molar-refractivity contribution is -0.138. The monoisotopic (exact) mass is 894 g/mol. The Morgan fingerprint density at radius 1 is 0.477 bits per heavy atom. The van der Waals surface area contributed by atoms with Gasteiger partial charge in [0.1, 0.15) is 23.0 Å². The van der Waals surface area contributed by atoms with Gasteiger partial charge in [0.05, 0.1) is 14.2 Å². The molecule has 65 heavy (non-hydrogen) atoms. The molecule has 0 fully saturated rings. The van der Waals surface area contributed by atoms with Crippen LogP contribution in [0.2, 0.25) is 0 Å². The van der Waals surface area contributed by atoms with E-state index >= 15 is 0 Å². The van der Waals surface area contributed by atoms with E-state index in [1.165, 1.54) is 0 Å². The molecule has 0 heterocycles. The Hall–Kier alpha value is -6.72. The summed E-state index contributed by atoms with van der Waals surface area (Å²) in [6.07, 6.45) is -2.48. The number of rotatable bonds is 25. The number of carbonyl (C=O) groups excluding carboxylic acids is 2. The Morgan fingerprint density at radius 3 is 1.22 bits per heavy atom. The first-order valence-corrected chi connectivity index (χ1v) is 21.1. The number of nitrogens with zero attached hydrogens (tertiary/aromatic N) is 3. The number of hydrazine groups is 1. The molecule has 2 amide bonds. The van der Waals surface area contributed by atoms with E-state index in [-0.39, 0.29) is 26.7 Å². The Balaban J connectivity index is 1.29. The highest BCUT2D eigenvalue weighted by atomic mass is 16.8. The minimum Gasteiger partial charge on any atom is -0.497 e. The smallest absolute Gasteiger partial charge is 0.409 e. The summed E-state index contributed by atoms with van der Waals surface area (Å²) in [5.41, 5.74) is 9.83. The molecule has 16 nitrogen and oxygen atoms in total. The van der Waals surface area contributed by atoms with Crippen LogP contribution in [-0.2, 0) is 51.4 Å². The lowest BCUT2D eigenvalue weighted by atomic mass is 10.1. The SMILES string of the molecule is COc1ccc(CC(OCOC(=O)NCc2ccc(N(C)C)cc2)Oc2cc(CNN(C)C)cc(OC(Cc3ccc(OC)cc3)OCOC(=O)NCc3ccc(N(C)C)cc3)c2)cc1. The van der Waals surface area contributed by atoms with Gasteiger partial charge in [-0.25, -0.2) is 9.59 Å². The van der Waals surface area contributed by atoms with Gasteiger partial charge in [-0.1, -0.05) is 48.5 Å². The van der Waals surface area contributed by atoms with E-state index in [0.29, 0.717) is 42.4 Å². The van der Waals surface area contributed by atoms with Crippen molar-refractivity contribution >= 4 is 23.6 Å². The third-order valence-electron chi connectivity index (χ3n) is 9.86. The number of methoxy groups -OCH3 is 2. The Labute approximate surface area is 382 Å². The van der Waals surface area contributed by atoms with Crippen molar-refractivity contribution in [2.45, 2.75) is 45.1 Å². The Morgan fingerprint density at radius 2 is 0.862 bits per heavy atom. The second-order valence-electron chi connectivity index (χ2n) is 15.5. The maximum Gasteiger partial charge on any atom is 0.409 e. The van der Waals surface area contributed by atoms with E-state index in [4.69, 9.17) is 37.9 Å². The average Bonchev–Trinajstić information content (AvgIpc) is 3.30. The number of alkyl carbamates (subject to hydrolysis) is 2. The highest BCUT2D eigenvalue weighted by molar-refractivity contribution is 5.67. The van der Waals surface area contributed by atoms with Gasteiger partial charge in [0, 0.05) is 92.2 Å². The first-order chi connectivity index (χ1) is 31.3. The molecular formula is C49H62N6O10. The number of ether oxygens (including phenoxy) is 8. The van der Waals surface area contributed by atoms with Crippen molar-refractivity contribution in [1.29, 1.82) is 0 Å². The highest BCUT2D eigenvalue weighted by Crippen LogP contribution is 2.28. The van der Waals surface area contributed by atoms with Gasteiger partial charge in [0.15, 0.2) is 13.6 Å². The third-order valence-corrected chi connectivity index (χ3v) is 9.86. The van der Waals surface area contributed by atoms with Crippen molar-refractivity contribution in [2.75, 3.05) is 79.9 Å². The third kappa shape index (κ3) is 17.4. The maximum absolute atomic E-state index is 12.7. The molecule has 0 radical (unpaired) electrons. The van der Waals surface area contributed by atoms with Crippen LogP contribution in [-0.4, -0.2) is 99.9 Å². The molecule has 3 N–H and O–H groups in total. The molecule has 16 heteroatoms. The standard InChI is InChI=1S/C49H62N6O10/c1-53(2)40-17-9-37(10-18-40)30-50-48(56)62-33-60-46(27-35-13-21-42(58-7)22-14-35)64-44-25-39(32-52-55(5)6)26-45(29-44)65-47(28-36-15-23-43(59-8)24-16-36)61-34-63-49(57)51-31-38-11-19-41(20-12-38)54(3)4/h9-26,29,46-47,52H,27-28,30-34H2,1-8H3,(H,50,56)(H,51,57). The number of hydrogen-bond donors (Lipinski definition) is 3. The molecule has 5 aromatic rings. The molecule has 0 saturated heterocycles. The van der Waals surface area contributed by atoms with Gasteiger partial charge in [0.2, 0.25) is 12.6 Å². The summed E-state index contributed by atoms with van der Waals surface area (Å²) in [4.78, 5) is 29.4. The van der Waals surface area contributed by atoms with Crippen LogP contribution in [0.3, 0.4) is 0 Å². The van der Waals surface area contributed by atoms with Gasteiger partial charge >= 0.3 is 12.2 Å². The van der Waals surface area contributed by atoms with E-state index in [9.17, 15) is 9.59 Å². The fourth-order valence-electron chi connectivity index (χ4n) is 6.20. The quantitative estimate of drug-likeness (QED) is 0.0403. The lowest BCUT2D eigenvalue weighted by Crippen LogP contribution is -2.30. The van der Waals surface area contributed by atoms with Crippen molar-refractivity contribution < 1.29 is 47.5 Å². The van der Waals surface area contributed by atoms with Gasteiger partial charge in [-0.2, -0.15) is 0 Å². The van der Waals surface area contributed by atoms with Crippen LogP contribution in [0.5, 0.6) is 23.0 Å². The zero-order chi connectivity index (χ0) is 46.6. The zero-order valence-corrected chi connectivity index (χ0v) is 38.5. The van der Waals surface area contributed by atoms with E-state index in [1.54, 1.807) is 20.3 Å². The molecule has 2 unspecified atom stereocenters. The summed E-state index contributed by atoms with van der Waals surface area (Å²) >= 11 is 0. The van der Waals surface area contributed by atoms with Gasteiger partial charge < -0.3 is 58.3 Å². The number of benzene rings is 5. The maximum atomic E-state index is 12.7. The van der Waals surface area contributed by atoms with Crippen molar-refractivity contribution in [3.8, 4) is 23.0 Å². The van der Waals surface area contributed by atoms with Crippen molar-refractivity contribution in [1.82, 2.24) is 21.1 Å². The number of nitrogens with one attached hydrogen (secondary N) is 3. The van der Waals surface area contributed by atoms with Crippen molar-refractivity contribution in [2.24, 2.45) is 0 Å².